The maximum atomic E-state index is 6.89. The van der Waals surface area contributed by atoms with E-state index in [9.17, 15) is 0 Å². The molecule has 64 heavy (non-hydrogen) atoms. The van der Waals surface area contributed by atoms with Crippen LogP contribution in [0.4, 0.5) is 11.4 Å². The summed E-state index contributed by atoms with van der Waals surface area (Å²) in [5.41, 5.74) is 21.4. The van der Waals surface area contributed by atoms with Crippen LogP contribution in [0.15, 0.2) is 144 Å². The van der Waals surface area contributed by atoms with Gasteiger partial charge in [-0.3, -0.25) is 0 Å². The summed E-state index contributed by atoms with van der Waals surface area (Å²) in [5, 5.41) is 7.39. The predicted octanol–water partition coefficient (Wildman–Crippen LogP) is 15.2. The molecule has 0 fully saturated rings. The fourth-order valence-electron chi connectivity index (χ4n) is 12.0. The fourth-order valence-corrected chi connectivity index (χ4v) is 13.2. The zero-order chi connectivity index (χ0) is 43.3. The molecule has 1 aliphatic carbocycles. The SMILES string of the molecule is CC(C)(C)c1ccc(N2B3c4cc5c(cc4-n4c6ccc7c8ccccc8oc7c6c6ccc(c3c64)-c3cc4sc6cc(C(C)(C)C)ccc6c4cc32)-c2ccccc2C5(C)C)cc1. The van der Waals surface area contributed by atoms with Crippen molar-refractivity contribution in [3.8, 4) is 27.9 Å². The summed E-state index contributed by atoms with van der Waals surface area (Å²) in [6, 6.07) is 53.9. The van der Waals surface area contributed by atoms with Crippen molar-refractivity contribution in [1.82, 2.24) is 4.57 Å². The van der Waals surface area contributed by atoms with E-state index in [1.54, 1.807) is 0 Å². The molecular weight excluding hydrogens is 796 g/mol. The first-order chi connectivity index (χ1) is 30.8. The van der Waals surface area contributed by atoms with Crippen LogP contribution in [0, 0.1) is 0 Å². The summed E-state index contributed by atoms with van der Waals surface area (Å²) in [4.78, 5) is 2.70. The second-order valence-corrected chi connectivity index (χ2v) is 22.4. The van der Waals surface area contributed by atoms with Crippen LogP contribution in [0.25, 0.3) is 91.9 Å². The Morgan fingerprint density at radius 3 is 2.08 bits per heavy atom. The van der Waals surface area contributed by atoms with Gasteiger partial charge in [0.25, 0.3) is 0 Å². The topological polar surface area (TPSA) is 21.3 Å². The number of hydrogen-bond donors (Lipinski definition) is 0. The van der Waals surface area contributed by atoms with E-state index in [0.29, 0.717) is 0 Å². The van der Waals surface area contributed by atoms with Crippen molar-refractivity contribution in [2.45, 2.75) is 71.6 Å². The monoisotopic (exact) mass is 842 g/mol. The molecule has 308 valence electrons. The Kier molecular flexibility index (Phi) is 6.89. The molecule has 0 amide bonds. The largest absolute Gasteiger partial charge is 0.455 e. The van der Waals surface area contributed by atoms with E-state index in [1.807, 2.05) is 11.3 Å². The molecule has 3 aliphatic rings. The first kappa shape index (κ1) is 36.9. The fraction of sp³-hybridized carbons (Fsp3) is 0.186. The van der Waals surface area contributed by atoms with E-state index >= 15 is 0 Å². The number of furan rings is 1. The van der Waals surface area contributed by atoms with Gasteiger partial charge in [0.15, 0.2) is 0 Å². The highest BCUT2D eigenvalue weighted by Crippen LogP contribution is 2.53. The number of anilines is 2. The summed E-state index contributed by atoms with van der Waals surface area (Å²) >= 11 is 1.93. The zero-order valence-electron chi connectivity index (χ0n) is 37.6. The number of aromatic nitrogens is 1. The van der Waals surface area contributed by atoms with Gasteiger partial charge in [0.1, 0.15) is 11.2 Å². The smallest absolute Gasteiger partial charge is 0.333 e. The molecule has 0 atom stereocenters. The second-order valence-electron chi connectivity index (χ2n) is 21.3. The van der Waals surface area contributed by atoms with Gasteiger partial charge in [0.05, 0.1) is 16.4 Å². The third-order valence-corrected chi connectivity index (χ3v) is 16.4. The number of rotatable bonds is 1. The molecule has 2 aliphatic heterocycles. The Bertz CT molecular complexity index is 3900. The highest BCUT2D eigenvalue weighted by atomic mass is 32.1. The molecule has 3 nitrogen and oxygen atoms in total. The van der Waals surface area contributed by atoms with Gasteiger partial charge in [-0.15, -0.1) is 11.3 Å². The molecule has 8 aromatic carbocycles. The lowest BCUT2D eigenvalue weighted by molar-refractivity contribution is 0.590. The minimum absolute atomic E-state index is 0.0340. The molecule has 0 N–H and O–H groups in total. The molecule has 0 bridgehead atoms. The van der Waals surface area contributed by atoms with E-state index < -0.39 is 0 Å². The lowest BCUT2D eigenvalue weighted by Gasteiger charge is -2.42. The normalized spacial score (nSPS) is 14.9. The number of thiophene rings is 1. The van der Waals surface area contributed by atoms with Crippen LogP contribution in [-0.2, 0) is 16.2 Å². The van der Waals surface area contributed by atoms with Gasteiger partial charge >= 0.3 is 6.85 Å². The highest BCUT2D eigenvalue weighted by molar-refractivity contribution is 7.25. The maximum absolute atomic E-state index is 6.89. The Labute approximate surface area is 377 Å². The number of hydrogen-bond acceptors (Lipinski definition) is 3. The summed E-state index contributed by atoms with van der Waals surface area (Å²) in [6.45, 7) is 18.6. The van der Waals surface area contributed by atoms with E-state index in [1.165, 1.54) is 114 Å². The highest BCUT2D eigenvalue weighted by Gasteiger charge is 2.47. The van der Waals surface area contributed by atoms with Crippen molar-refractivity contribution in [2.75, 3.05) is 4.81 Å². The van der Waals surface area contributed by atoms with E-state index in [2.05, 4.69) is 204 Å². The number of para-hydroxylation sites is 1. The van der Waals surface area contributed by atoms with E-state index in [4.69, 9.17) is 4.42 Å². The minimum atomic E-state index is -0.158. The van der Waals surface area contributed by atoms with Gasteiger partial charge in [-0.05, 0) is 115 Å². The van der Waals surface area contributed by atoms with Crippen molar-refractivity contribution < 1.29 is 4.42 Å². The van der Waals surface area contributed by atoms with Gasteiger partial charge in [0.2, 0.25) is 0 Å². The predicted molar refractivity (Wildman–Crippen MR) is 275 cm³/mol. The van der Waals surface area contributed by atoms with Crippen LogP contribution in [0.3, 0.4) is 0 Å². The van der Waals surface area contributed by atoms with Crippen LogP contribution in [0.1, 0.15) is 77.6 Å². The first-order valence-electron chi connectivity index (χ1n) is 22.9. The minimum Gasteiger partial charge on any atom is -0.455 e. The second kappa shape index (κ2) is 12.0. The van der Waals surface area contributed by atoms with Crippen LogP contribution >= 0.6 is 11.3 Å². The van der Waals surface area contributed by atoms with Gasteiger partial charge in [-0.25, -0.2) is 0 Å². The average molecular weight is 843 g/mol. The quantitative estimate of drug-likeness (QED) is 0.154. The molecule has 0 radical (unpaired) electrons. The van der Waals surface area contributed by atoms with Crippen molar-refractivity contribution in [3.05, 3.63) is 162 Å². The number of nitrogens with zero attached hydrogens (tertiary/aromatic N) is 2. The third-order valence-electron chi connectivity index (χ3n) is 15.3. The Morgan fingerprint density at radius 1 is 0.547 bits per heavy atom. The molecule has 0 saturated heterocycles. The van der Waals surface area contributed by atoms with Crippen LogP contribution in [0.5, 0.6) is 0 Å². The zero-order valence-corrected chi connectivity index (χ0v) is 38.4. The third kappa shape index (κ3) is 4.63. The lowest BCUT2D eigenvalue weighted by Crippen LogP contribution is -2.60. The van der Waals surface area contributed by atoms with Gasteiger partial charge in [-0.2, -0.15) is 0 Å². The Hall–Kier alpha value is -6.56. The average Bonchev–Trinajstić information content (AvgIpc) is 4.00. The summed E-state index contributed by atoms with van der Waals surface area (Å²) in [6.07, 6.45) is 0. The van der Waals surface area contributed by atoms with Crippen molar-refractivity contribution in [1.29, 1.82) is 0 Å². The molecule has 11 aromatic rings. The molecule has 5 heterocycles. The van der Waals surface area contributed by atoms with Crippen LogP contribution < -0.4 is 15.7 Å². The molecule has 0 unspecified atom stereocenters. The van der Waals surface area contributed by atoms with Crippen molar-refractivity contribution in [3.63, 3.8) is 0 Å². The molecular formula is C59H47BN2OS. The van der Waals surface area contributed by atoms with Crippen LogP contribution in [-0.4, -0.2) is 11.4 Å². The summed E-state index contributed by atoms with van der Waals surface area (Å²) in [7, 11) is 0. The first-order valence-corrected chi connectivity index (χ1v) is 23.7. The standard InChI is InChI=1S/C59H47BN2OS/c1-57(2,3)32-17-20-34(21-18-32)62-48-29-43-37-22-19-33(58(4,5)6)27-51(37)64-52(43)30-42(48)38-23-24-40-53-47(26-25-39-36-14-10-12-16-50(36)63-56(39)53)61-49-28-41-35-13-9-11-15-44(35)59(7,8)45(41)31-46(49)60(62)54(38)55(40)61/h9-31H,1-8H3. The maximum Gasteiger partial charge on any atom is 0.333 e. The molecule has 0 saturated carbocycles. The summed E-state index contributed by atoms with van der Waals surface area (Å²) in [5.74, 6) is 0. The van der Waals surface area contributed by atoms with E-state index in [0.717, 1.165) is 21.9 Å². The lowest BCUT2D eigenvalue weighted by atomic mass is 9.43. The number of fused-ring (bicyclic) bond motifs is 18. The summed E-state index contributed by atoms with van der Waals surface area (Å²) < 4.78 is 12.2. The molecule has 3 aromatic heterocycles. The van der Waals surface area contributed by atoms with Crippen LogP contribution in [0.2, 0.25) is 0 Å². The van der Waals surface area contributed by atoms with Crippen molar-refractivity contribution in [2.24, 2.45) is 0 Å². The number of benzene rings is 8. The Balaban J connectivity index is 1.15. The molecule has 5 heteroatoms. The van der Waals surface area contributed by atoms with Gasteiger partial charge in [-0.1, -0.05) is 140 Å². The van der Waals surface area contributed by atoms with Crippen molar-refractivity contribution >= 4 is 104 Å². The van der Waals surface area contributed by atoms with Gasteiger partial charge in [0, 0.05) is 64.4 Å². The van der Waals surface area contributed by atoms with Gasteiger partial charge < -0.3 is 13.8 Å². The Morgan fingerprint density at radius 2 is 1.27 bits per heavy atom. The van der Waals surface area contributed by atoms with E-state index in [-0.39, 0.29) is 23.1 Å². The molecule has 0 spiro atoms. The molecule has 14 rings (SSSR count).